The molecular formula is C22H32N4O2. The maximum Gasteiger partial charge on any atom is 0.287 e. The Kier molecular flexibility index (Phi) is 5.97. The highest BCUT2D eigenvalue weighted by atomic mass is 16.5. The van der Waals surface area contributed by atoms with Gasteiger partial charge in [0.2, 0.25) is 5.82 Å². The second kappa shape index (κ2) is 8.62. The highest BCUT2D eigenvalue weighted by Crippen LogP contribution is 2.24. The van der Waals surface area contributed by atoms with E-state index in [9.17, 15) is 4.79 Å². The average molecular weight is 385 g/mol. The summed E-state index contributed by atoms with van der Waals surface area (Å²) in [5.74, 6) is 1.27. The van der Waals surface area contributed by atoms with Gasteiger partial charge in [-0.15, -0.1) is 0 Å². The summed E-state index contributed by atoms with van der Waals surface area (Å²) < 4.78 is 7.40. The van der Waals surface area contributed by atoms with Gasteiger partial charge in [0, 0.05) is 32.0 Å². The van der Waals surface area contributed by atoms with Gasteiger partial charge in [-0.25, -0.2) is 4.98 Å². The standard InChI is InChI=1S/C22H32N4O2/c1-16(2)20-19-5-3-4-10-26(19)21(24-20)22(27)23-15-17-6-11-25(12-7-17)18-8-13-28-14-9-18/h3-5,10,16-18H,6-9,11-15H2,1-2H3,(H,23,27). The van der Waals surface area contributed by atoms with E-state index in [0.29, 0.717) is 17.8 Å². The van der Waals surface area contributed by atoms with Crippen LogP contribution < -0.4 is 5.32 Å². The fraction of sp³-hybridized carbons (Fsp3) is 0.636. The number of imidazole rings is 1. The molecular weight excluding hydrogens is 352 g/mol. The van der Waals surface area contributed by atoms with Gasteiger partial charge >= 0.3 is 0 Å². The van der Waals surface area contributed by atoms with Crippen LogP contribution >= 0.6 is 0 Å². The predicted octanol–water partition coefficient (Wildman–Crippen LogP) is 3.08. The van der Waals surface area contributed by atoms with Gasteiger partial charge in [-0.1, -0.05) is 19.9 Å². The van der Waals surface area contributed by atoms with Crippen molar-refractivity contribution in [1.82, 2.24) is 19.6 Å². The lowest BCUT2D eigenvalue weighted by molar-refractivity contribution is 0.0211. The van der Waals surface area contributed by atoms with E-state index in [1.807, 2.05) is 28.8 Å². The first-order valence-electron chi connectivity index (χ1n) is 10.7. The molecule has 0 atom stereocenters. The topological polar surface area (TPSA) is 58.9 Å². The molecule has 0 unspecified atom stereocenters. The molecule has 152 valence electrons. The second-order valence-electron chi connectivity index (χ2n) is 8.46. The van der Waals surface area contributed by atoms with Crippen molar-refractivity contribution in [2.45, 2.75) is 51.5 Å². The van der Waals surface area contributed by atoms with E-state index in [1.165, 1.54) is 0 Å². The third-order valence-electron chi connectivity index (χ3n) is 6.23. The van der Waals surface area contributed by atoms with Crippen LogP contribution in [0.25, 0.3) is 5.52 Å². The van der Waals surface area contributed by atoms with Crippen LogP contribution in [0.2, 0.25) is 0 Å². The molecule has 1 N–H and O–H groups in total. The molecule has 2 aromatic heterocycles. The van der Waals surface area contributed by atoms with Crippen molar-refractivity contribution in [3.63, 3.8) is 0 Å². The third-order valence-corrected chi connectivity index (χ3v) is 6.23. The van der Waals surface area contributed by atoms with E-state index >= 15 is 0 Å². The average Bonchev–Trinajstić information content (AvgIpc) is 3.13. The number of nitrogens with zero attached hydrogens (tertiary/aromatic N) is 3. The van der Waals surface area contributed by atoms with Crippen LogP contribution in [0.4, 0.5) is 0 Å². The molecule has 2 aromatic rings. The number of carbonyl (C=O) groups is 1. The molecule has 0 bridgehead atoms. The Hall–Kier alpha value is -1.92. The van der Waals surface area contributed by atoms with E-state index < -0.39 is 0 Å². The maximum absolute atomic E-state index is 12.8. The highest BCUT2D eigenvalue weighted by molar-refractivity contribution is 5.92. The Morgan fingerprint density at radius 3 is 2.68 bits per heavy atom. The van der Waals surface area contributed by atoms with Gasteiger partial charge in [0.25, 0.3) is 5.91 Å². The summed E-state index contributed by atoms with van der Waals surface area (Å²) in [6, 6.07) is 6.67. The van der Waals surface area contributed by atoms with E-state index in [-0.39, 0.29) is 11.8 Å². The second-order valence-corrected chi connectivity index (χ2v) is 8.46. The Labute approximate surface area is 167 Å². The van der Waals surface area contributed by atoms with Crippen LogP contribution in [0.15, 0.2) is 24.4 Å². The number of nitrogens with one attached hydrogen (secondary N) is 1. The highest BCUT2D eigenvalue weighted by Gasteiger charge is 2.27. The zero-order valence-electron chi connectivity index (χ0n) is 17.1. The van der Waals surface area contributed by atoms with Crippen molar-refractivity contribution >= 4 is 11.4 Å². The van der Waals surface area contributed by atoms with Gasteiger partial charge in [0.1, 0.15) is 0 Å². The summed E-state index contributed by atoms with van der Waals surface area (Å²) in [6.45, 7) is 9.03. The lowest BCUT2D eigenvalue weighted by Gasteiger charge is -2.39. The lowest BCUT2D eigenvalue weighted by atomic mass is 9.94. The molecule has 0 saturated carbocycles. The van der Waals surface area contributed by atoms with Crippen LogP contribution in [0.5, 0.6) is 0 Å². The smallest absolute Gasteiger partial charge is 0.287 e. The van der Waals surface area contributed by atoms with Crippen molar-refractivity contribution in [3.05, 3.63) is 35.9 Å². The zero-order chi connectivity index (χ0) is 19.5. The number of rotatable bonds is 5. The maximum atomic E-state index is 12.8. The molecule has 0 aliphatic carbocycles. The number of hydrogen-bond donors (Lipinski definition) is 1. The summed E-state index contributed by atoms with van der Waals surface area (Å²) in [4.78, 5) is 20.1. The number of aromatic nitrogens is 2. The number of fused-ring (bicyclic) bond motifs is 1. The first-order valence-corrected chi connectivity index (χ1v) is 10.7. The zero-order valence-corrected chi connectivity index (χ0v) is 17.1. The molecule has 4 heterocycles. The number of hydrogen-bond acceptors (Lipinski definition) is 4. The molecule has 1 amide bonds. The van der Waals surface area contributed by atoms with Gasteiger partial charge in [0.15, 0.2) is 0 Å². The number of piperidine rings is 1. The van der Waals surface area contributed by atoms with Crippen LogP contribution in [0.1, 0.15) is 61.8 Å². The number of carbonyl (C=O) groups excluding carboxylic acids is 1. The fourth-order valence-electron chi connectivity index (χ4n) is 4.54. The SMILES string of the molecule is CC(C)c1nc(C(=O)NCC2CCN(C3CCOCC3)CC2)n2ccccc12. The van der Waals surface area contributed by atoms with Crippen molar-refractivity contribution < 1.29 is 9.53 Å². The molecule has 0 radical (unpaired) electrons. The Bertz CT molecular complexity index is 802. The molecule has 6 nitrogen and oxygen atoms in total. The minimum Gasteiger partial charge on any atom is -0.381 e. The first kappa shape index (κ1) is 19.4. The molecule has 6 heteroatoms. The number of pyridine rings is 1. The molecule has 0 spiro atoms. The molecule has 2 fully saturated rings. The number of ether oxygens (including phenoxy) is 1. The quantitative estimate of drug-likeness (QED) is 0.861. The van der Waals surface area contributed by atoms with Gasteiger partial charge in [-0.3, -0.25) is 9.20 Å². The van der Waals surface area contributed by atoms with E-state index in [1.54, 1.807) is 0 Å². The number of amides is 1. The summed E-state index contributed by atoms with van der Waals surface area (Å²) in [5.41, 5.74) is 2.00. The predicted molar refractivity (Wildman–Crippen MR) is 110 cm³/mol. The van der Waals surface area contributed by atoms with Crippen molar-refractivity contribution in [1.29, 1.82) is 0 Å². The molecule has 28 heavy (non-hydrogen) atoms. The minimum atomic E-state index is -0.0695. The summed E-state index contributed by atoms with van der Waals surface area (Å²) in [5, 5.41) is 3.15. The van der Waals surface area contributed by atoms with E-state index in [2.05, 4.69) is 29.0 Å². The monoisotopic (exact) mass is 384 g/mol. The normalized spacial score (nSPS) is 20.1. The fourth-order valence-corrected chi connectivity index (χ4v) is 4.54. The minimum absolute atomic E-state index is 0.0695. The molecule has 2 saturated heterocycles. The van der Waals surface area contributed by atoms with E-state index in [4.69, 9.17) is 4.74 Å². The van der Waals surface area contributed by atoms with Crippen LogP contribution in [-0.2, 0) is 4.74 Å². The third kappa shape index (κ3) is 4.08. The lowest BCUT2D eigenvalue weighted by Crippen LogP contribution is -2.45. The molecule has 0 aromatic carbocycles. The van der Waals surface area contributed by atoms with Gasteiger partial charge < -0.3 is 15.0 Å². The van der Waals surface area contributed by atoms with Crippen LogP contribution in [0, 0.1) is 5.92 Å². The van der Waals surface area contributed by atoms with Gasteiger partial charge in [-0.05, 0) is 62.7 Å². The molecule has 2 aliphatic heterocycles. The van der Waals surface area contributed by atoms with Crippen LogP contribution in [0.3, 0.4) is 0 Å². The number of likely N-dealkylation sites (tertiary alicyclic amines) is 1. The summed E-state index contributed by atoms with van der Waals surface area (Å²) in [6.07, 6.45) is 6.54. The van der Waals surface area contributed by atoms with E-state index in [0.717, 1.165) is 69.7 Å². The van der Waals surface area contributed by atoms with Crippen molar-refractivity contribution in [2.24, 2.45) is 5.92 Å². The summed E-state index contributed by atoms with van der Waals surface area (Å²) in [7, 11) is 0. The Balaban J connectivity index is 1.33. The first-order chi connectivity index (χ1) is 13.6. The largest absolute Gasteiger partial charge is 0.381 e. The van der Waals surface area contributed by atoms with Crippen LogP contribution in [-0.4, -0.2) is 59.1 Å². The van der Waals surface area contributed by atoms with Gasteiger partial charge in [0.05, 0.1) is 11.2 Å². The summed E-state index contributed by atoms with van der Waals surface area (Å²) >= 11 is 0. The molecule has 4 rings (SSSR count). The van der Waals surface area contributed by atoms with Crippen molar-refractivity contribution in [3.8, 4) is 0 Å². The Morgan fingerprint density at radius 1 is 1.21 bits per heavy atom. The Morgan fingerprint density at radius 2 is 1.96 bits per heavy atom. The van der Waals surface area contributed by atoms with Crippen molar-refractivity contribution in [2.75, 3.05) is 32.8 Å². The van der Waals surface area contributed by atoms with Gasteiger partial charge in [-0.2, -0.15) is 0 Å². The molecule has 2 aliphatic rings.